The average Bonchev–Trinajstić information content (AvgIpc) is 3.81. The van der Waals surface area contributed by atoms with Crippen molar-refractivity contribution < 1.29 is 4.42 Å². The van der Waals surface area contributed by atoms with Gasteiger partial charge in [0.25, 0.3) is 0 Å². The van der Waals surface area contributed by atoms with Gasteiger partial charge in [-0.15, -0.1) is 0 Å². The molecule has 0 amide bonds. The number of aromatic nitrogens is 1. The number of nitrogens with zero attached hydrogens (tertiary/aromatic N) is 2. The Kier molecular flexibility index (Phi) is 7.17. The van der Waals surface area contributed by atoms with Crippen LogP contribution in [0.5, 0.6) is 0 Å². The summed E-state index contributed by atoms with van der Waals surface area (Å²) in [5.74, 6) is 0. The Morgan fingerprint density at radius 3 is 1.71 bits per heavy atom. The Labute approximate surface area is 318 Å². The van der Waals surface area contributed by atoms with Gasteiger partial charge in [-0.3, -0.25) is 0 Å². The van der Waals surface area contributed by atoms with Crippen LogP contribution in [0.2, 0.25) is 0 Å². The Balaban J connectivity index is 1.10. The zero-order chi connectivity index (χ0) is 36.3. The summed E-state index contributed by atoms with van der Waals surface area (Å²) < 4.78 is 9.02. The highest BCUT2D eigenvalue weighted by molar-refractivity contribution is 6.19. The van der Waals surface area contributed by atoms with Crippen LogP contribution in [-0.2, 0) is 0 Å². The fourth-order valence-electron chi connectivity index (χ4n) is 8.49. The normalized spacial score (nSPS) is 11.6. The fourth-order valence-corrected chi connectivity index (χ4v) is 8.49. The lowest BCUT2D eigenvalue weighted by Crippen LogP contribution is -2.11. The lowest BCUT2D eigenvalue weighted by Gasteiger charge is -2.28. The highest BCUT2D eigenvalue weighted by Crippen LogP contribution is 2.46. The summed E-state index contributed by atoms with van der Waals surface area (Å²) in [6.07, 6.45) is 0. The zero-order valence-electron chi connectivity index (χ0n) is 29.9. The minimum atomic E-state index is 0.882. The molecule has 0 atom stereocenters. The van der Waals surface area contributed by atoms with Gasteiger partial charge < -0.3 is 13.9 Å². The van der Waals surface area contributed by atoms with Gasteiger partial charge in [-0.05, 0) is 88.8 Å². The first-order chi connectivity index (χ1) is 27.3. The molecule has 0 radical (unpaired) electrons. The van der Waals surface area contributed by atoms with E-state index < -0.39 is 0 Å². The van der Waals surface area contributed by atoms with E-state index in [0.29, 0.717) is 0 Å². The van der Waals surface area contributed by atoms with Gasteiger partial charge in [-0.2, -0.15) is 0 Å². The summed E-state index contributed by atoms with van der Waals surface area (Å²) in [5.41, 5.74) is 13.2. The first-order valence-electron chi connectivity index (χ1n) is 18.8. The van der Waals surface area contributed by atoms with Gasteiger partial charge in [0.15, 0.2) is 0 Å². The van der Waals surface area contributed by atoms with E-state index in [-0.39, 0.29) is 0 Å². The van der Waals surface area contributed by atoms with Crippen molar-refractivity contribution in [2.45, 2.75) is 0 Å². The summed E-state index contributed by atoms with van der Waals surface area (Å²) in [4.78, 5) is 2.39. The van der Waals surface area contributed by atoms with Crippen LogP contribution in [0.15, 0.2) is 211 Å². The second kappa shape index (κ2) is 12.6. The number of benzene rings is 9. The SMILES string of the molecule is c1ccc(-c2ccc(N(c3ccc(-n4c5ccccc5c5ccccc54)cc3)c3ccccc3-c3cccc4oc5c6ccccc6ccc5c34)cc2)cc1. The standard InChI is InChI=1S/C52H34N2O/c1-2-13-35(14-3-1)36-25-28-38(29-26-36)53(39-30-32-40(33-31-39)54-48-22-10-6-17-42(48)43-18-7-11-23-49(43)54)47-21-9-8-19-44(47)45-20-12-24-50-51(45)46-34-27-37-15-4-5-16-41(37)52(46)55-50/h1-34H. The van der Waals surface area contributed by atoms with E-state index in [1.807, 2.05) is 0 Å². The third-order valence-electron chi connectivity index (χ3n) is 11.0. The number of furan rings is 1. The number of hydrogen-bond acceptors (Lipinski definition) is 2. The maximum atomic E-state index is 6.65. The summed E-state index contributed by atoms with van der Waals surface area (Å²) >= 11 is 0. The van der Waals surface area contributed by atoms with Crippen LogP contribution in [0, 0.1) is 0 Å². The second-order valence-corrected chi connectivity index (χ2v) is 14.1. The van der Waals surface area contributed by atoms with Crippen LogP contribution in [0.1, 0.15) is 0 Å². The third kappa shape index (κ3) is 5.05. The van der Waals surface area contributed by atoms with E-state index in [4.69, 9.17) is 4.42 Å². The number of hydrogen-bond donors (Lipinski definition) is 0. The molecule has 258 valence electrons. The summed E-state index contributed by atoms with van der Waals surface area (Å²) in [6, 6.07) is 73.9. The van der Waals surface area contributed by atoms with E-state index in [2.05, 4.69) is 216 Å². The number of para-hydroxylation sites is 3. The van der Waals surface area contributed by atoms with E-state index >= 15 is 0 Å². The smallest absolute Gasteiger partial charge is 0.143 e. The van der Waals surface area contributed by atoms with Gasteiger partial charge in [0.2, 0.25) is 0 Å². The van der Waals surface area contributed by atoms with Gasteiger partial charge >= 0.3 is 0 Å². The maximum Gasteiger partial charge on any atom is 0.143 e. The molecule has 0 N–H and O–H groups in total. The van der Waals surface area contributed by atoms with Crippen molar-refractivity contribution in [3.05, 3.63) is 206 Å². The highest BCUT2D eigenvalue weighted by atomic mass is 16.3. The van der Waals surface area contributed by atoms with Crippen molar-refractivity contribution in [2.24, 2.45) is 0 Å². The van der Waals surface area contributed by atoms with Crippen molar-refractivity contribution in [3.63, 3.8) is 0 Å². The monoisotopic (exact) mass is 702 g/mol. The van der Waals surface area contributed by atoms with Gasteiger partial charge in [0.1, 0.15) is 11.2 Å². The van der Waals surface area contributed by atoms with E-state index in [9.17, 15) is 0 Å². The van der Waals surface area contributed by atoms with Crippen LogP contribution in [0.25, 0.3) is 82.5 Å². The summed E-state index contributed by atoms with van der Waals surface area (Å²) in [6.45, 7) is 0. The lowest BCUT2D eigenvalue weighted by molar-refractivity contribution is 0.673. The molecule has 2 aromatic heterocycles. The molecule has 0 saturated heterocycles. The maximum absolute atomic E-state index is 6.65. The van der Waals surface area contributed by atoms with Crippen molar-refractivity contribution in [3.8, 4) is 27.9 Å². The molecule has 0 fully saturated rings. The molecule has 55 heavy (non-hydrogen) atoms. The van der Waals surface area contributed by atoms with Crippen LogP contribution in [0.3, 0.4) is 0 Å². The molecular weight excluding hydrogens is 669 g/mol. The summed E-state index contributed by atoms with van der Waals surface area (Å²) in [5, 5.41) is 7.05. The molecule has 11 rings (SSSR count). The molecule has 0 aliphatic heterocycles. The van der Waals surface area contributed by atoms with Crippen molar-refractivity contribution >= 4 is 71.6 Å². The lowest BCUT2D eigenvalue weighted by atomic mass is 9.96. The Hall–Kier alpha value is -7.36. The van der Waals surface area contributed by atoms with Crippen molar-refractivity contribution in [1.82, 2.24) is 4.57 Å². The molecule has 3 nitrogen and oxygen atoms in total. The molecule has 0 spiro atoms. The van der Waals surface area contributed by atoms with E-state index in [1.54, 1.807) is 0 Å². The van der Waals surface area contributed by atoms with Crippen LogP contribution in [-0.4, -0.2) is 4.57 Å². The Morgan fingerprint density at radius 1 is 0.382 bits per heavy atom. The van der Waals surface area contributed by atoms with Crippen LogP contribution < -0.4 is 4.90 Å². The minimum Gasteiger partial charge on any atom is -0.455 e. The average molecular weight is 703 g/mol. The quantitative estimate of drug-likeness (QED) is 0.172. The molecule has 0 aliphatic carbocycles. The van der Waals surface area contributed by atoms with Crippen LogP contribution >= 0.6 is 0 Å². The predicted octanol–water partition coefficient (Wildman–Crippen LogP) is 14.6. The first-order valence-corrected chi connectivity index (χ1v) is 18.8. The number of fused-ring (bicyclic) bond motifs is 8. The molecule has 0 unspecified atom stereocenters. The fraction of sp³-hybridized carbons (Fsp3) is 0. The highest BCUT2D eigenvalue weighted by Gasteiger charge is 2.21. The molecule has 3 heteroatoms. The molecule has 0 aliphatic rings. The number of anilines is 3. The van der Waals surface area contributed by atoms with Crippen LogP contribution in [0.4, 0.5) is 17.1 Å². The molecule has 9 aromatic carbocycles. The second-order valence-electron chi connectivity index (χ2n) is 14.1. The topological polar surface area (TPSA) is 21.3 Å². The molecule has 0 saturated carbocycles. The van der Waals surface area contributed by atoms with Crippen molar-refractivity contribution in [1.29, 1.82) is 0 Å². The largest absolute Gasteiger partial charge is 0.455 e. The van der Waals surface area contributed by atoms with E-state index in [0.717, 1.165) is 61.2 Å². The van der Waals surface area contributed by atoms with Gasteiger partial charge in [0.05, 0.1) is 16.7 Å². The minimum absolute atomic E-state index is 0.882. The predicted molar refractivity (Wildman–Crippen MR) is 231 cm³/mol. The first kappa shape index (κ1) is 31.2. The molecule has 2 heterocycles. The molecule has 0 bridgehead atoms. The van der Waals surface area contributed by atoms with Gasteiger partial charge in [0, 0.05) is 49.6 Å². The number of rotatable bonds is 6. The Bertz CT molecular complexity index is 3140. The third-order valence-corrected chi connectivity index (χ3v) is 11.0. The van der Waals surface area contributed by atoms with Crippen molar-refractivity contribution in [2.75, 3.05) is 4.90 Å². The van der Waals surface area contributed by atoms with Gasteiger partial charge in [-0.1, -0.05) is 140 Å². The Morgan fingerprint density at radius 2 is 0.964 bits per heavy atom. The molecular formula is C52H34N2O. The zero-order valence-corrected chi connectivity index (χ0v) is 29.9. The van der Waals surface area contributed by atoms with E-state index in [1.165, 1.54) is 38.3 Å². The van der Waals surface area contributed by atoms with Gasteiger partial charge in [-0.25, -0.2) is 0 Å². The molecule has 11 aromatic rings. The summed E-state index contributed by atoms with van der Waals surface area (Å²) in [7, 11) is 0.